The molecule has 2 heterocycles. The Morgan fingerprint density at radius 1 is 1.21 bits per heavy atom. The third-order valence-electron chi connectivity index (χ3n) is 4.82. The van der Waals surface area contributed by atoms with E-state index in [1.165, 1.54) is 42.5 Å². The summed E-state index contributed by atoms with van der Waals surface area (Å²) in [6, 6.07) is 9.96. The highest BCUT2D eigenvalue weighted by molar-refractivity contribution is 5.44. The summed E-state index contributed by atoms with van der Waals surface area (Å²) in [7, 11) is 1.65. The lowest BCUT2D eigenvalue weighted by Crippen LogP contribution is -2.29. The van der Waals surface area contributed by atoms with Crippen molar-refractivity contribution < 1.29 is 4.74 Å². The number of aromatic nitrogens is 2. The highest BCUT2D eigenvalue weighted by Crippen LogP contribution is 2.17. The van der Waals surface area contributed by atoms with Crippen molar-refractivity contribution in [1.82, 2.24) is 14.5 Å². The van der Waals surface area contributed by atoms with Crippen LogP contribution in [-0.2, 0) is 13.6 Å². The molecule has 0 aliphatic carbocycles. The zero-order chi connectivity index (χ0) is 19.8. The molecule has 3 rings (SSSR count). The van der Waals surface area contributed by atoms with Crippen molar-refractivity contribution in [2.45, 2.75) is 25.8 Å². The standard InChI is InChI=1S/C21H29N5O2/c1-25-20(15-19(22)24-21(25)27)23-10-3-6-13-28-18-9-7-8-17(14-18)16-26-11-4-2-5-12-26/h3,6-9,14-15,23H,2,4-5,10-13,16H2,1H3,(H2,22,24,27)/b6-3+. The summed E-state index contributed by atoms with van der Waals surface area (Å²) in [5, 5.41) is 3.14. The van der Waals surface area contributed by atoms with Gasteiger partial charge in [-0.3, -0.25) is 9.47 Å². The molecular weight excluding hydrogens is 354 g/mol. The van der Waals surface area contributed by atoms with Gasteiger partial charge in [-0.1, -0.05) is 24.6 Å². The summed E-state index contributed by atoms with van der Waals surface area (Å²) >= 11 is 0. The zero-order valence-corrected chi connectivity index (χ0v) is 16.4. The van der Waals surface area contributed by atoms with Gasteiger partial charge in [-0.25, -0.2) is 4.79 Å². The van der Waals surface area contributed by atoms with E-state index in [0.717, 1.165) is 12.3 Å². The molecule has 28 heavy (non-hydrogen) atoms. The van der Waals surface area contributed by atoms with E-state index in [-0.39, 0.29) is 11.5 Å². The number of nitrogens with zero attached hydrogens (tertiary/aromatic N) is 3. The van der Waals surface area contributed by atoms with Crippen molar-refractivity contribution >= 4 is 11.6 Å². The number of ether oxygens (including phenoxy) is 1. The topological polar surface area (TPSA) is 85.4 Å². The van der Waals surface area contributed by atoms with Gasteiger partial charge in [0.25, 0.3) is 0 Å². The van der Waals surface area contributed by atoms with Gasteiger partial charge in [0.15, 0.2) is 0 Å². The lowest BCUT2D eigenvalue weighted by Gasteiger charge is -2.26. The third-order valence-corrected chi connectivity index (χ3v) is 4.82. The first kappa shape index (κ1) is 19.9. The van der Waals surface area contributed by atoms with E-state index in [2.05, 4.69) is 27.3 Å². The first-order valence-corrected chi connectivity index (χ1v) is 9.78. The molecule has 7 heteroatoms. The Hall–Kier alpha value is -2.80. The van der Waals surface area contributed by atoms with Crippen molar-refractivity contribution in [2.75, 3.05) is 37.3 Å². The lowest BCUT2D eigenvalue weighted by molar-refractivity contribution is 0.220. The van der Waals surface area contributed by atoms with E-state index < -0.39 is 0 Å². The summed E-state index contributed by atoms with van der Waals surface area (Å²) in [5.41, 5.74) is 6.53. The molecule has 1 aliphatic rings. The van der Waals surface area contributed by atoms with Gasteiger partial charge < -0.3 is 15.8 Å². The molecule has 1 aliphatic heterocycles. The second-order valence-electron chi connectivity index (χ2n) is 7.06. The van der Waals surface area contributed by atoms with Gasteiger partial charge in [0.05, 0.1) is 0 Å². The Morgan fingerprint density at radius 2 is 2.04 bits per heavy atom. The summed E-state index contributed by atoms with van der Waals surface area (Å²) in [4.78, 5) is 17.8. The quantitative estimate of drug-likeness (QED) is 0.681. The Bertz CT molecular complexity index is 856. The van der Waals surface area contributed by atoms with Crippen molar-refractivity contribution in [1.29, 1.82) is 0 Å². The predicted molar refractivity (Wildman–Crippen MR) is 113 cm³/mol. The molecule has 0 atom stereocenters. The normalized spacial score (nSPS) is 15.0. The highest BCUT2D eigenvalue weighted by Gasteiger charge is 2.10. The van der Waals surface area contributed by atoms with E-state index in [4.69, 9.17) is 10.5 Å². The molecule has 0 radical (unpaired) electrons. The Kier molecular flexibility index (Phi) is 7.08. The van der Waals surface area contributed by atoms with Gasteiger partial charge in [-0.05, 0) is 49.7 Å². The van der Waals surface area contributed by atoms with E-state index >= 15 is 0 Å². The molecule has 1 aromatic heterocycles. The highest BCUT2D eigenvalue weighted by atomic mass is 16.5. The van der Waals surface area contributed by atoms with Crippen molar-refractivity contribution in [3.8, 4) is 5.75 Å². The molecule has 0 bridgehead atoms. The molecular formula is C21H29N5O2. The van der Waals surface area contributed by atoms with Crippen LogP contribution in [0.2, 0.25) is 0 Å². The zero-order valence-electron chi connectivity index (χ0n) is 16.4. The summed E-state index contributed by atoms with van der Waals surface area (Å²) in [6.07, 6.45) is 7.86. The van der Waals surface area contributed by atoms with E-state index in [1.54, 1.807) is 13.1 Å². The van der Waals surface area contributed by atoms with Crippen molar-refractivity contribution in [3.63, 3.8) is 0 Å². The maximum Gasteiger partial charge on any atom is 0.350 e. The van der Waals surface area contributed by atoms with Crippen LogP contribution >= 0.6 is 0 Å². The fourth-order valence-corrected chi connectivity index (χ4v) is 3.30. The number of rotatable bonds is 8. The molecule has 0 saturated carbocycles. The first-order valence-electron chi connectivity index (χ1n) is 9.78. The van der Waals surface area contributed by atoms with Crippen LogP contribution in [0.1, 0.15) is 24.8 Å². The van der Waals surface area contributed by atoms with Crippen LogP contribution in [0.4, 0.5) is 11.6 Å². The number of hydrogen-bond acceptors (Lipinski definition) is 6. The molecule has 3 N–H and O–H groups in total. The molecule has 1 saturated heterocycles. The summed E-state index contributed by atoms with van der Waals surface area (Å²) < 4.78 is 7.26. The fraction of sp³-hybridized carbons (Fsp3) is 0.429. The van der Waals surface area contributed by atoms with Crippen molar-refractivity contribution in [2.24, 2.45) is 7.05 Å². The van der Waals surface area contributed by atoms with Crippen molar-refractivity contribution in [3.05, 3.63) is 58.5 Å². The Labute approximate surface area is 165 Å². The van der Waals surface area contributed by atoms with Gasteiger partial charge in [0, 0.05) is 26.2 Å². The predicted octanol–water partition coefficient (Wildman–Crippen LogP) is 2.40. The molecule has 0 unspecified atom stereocenters. The van der Waals surface area contributed by atoms with E-state index in [9.17, 15) is 4.79 Å². The average molecular weight is 383 g/mol. The molecule has 0 amide bonds. The smallest absolute Gasteiger partial charge is 0.350 e. The number of benzene rings is 1. The summed E-state index contributed by atoms with van der Waals surface area (Å²) in [5.74, 6) is 1.73. The van der Waals surface area contributed by atoms with Crippen LogP contribution in [0.3, 0.4) is 0 Å². The lowest BCUT2D eigenvalue weighted by atomic mass is 10.1. The largest absolute Gasteiger partial charge is 0.490 e. The van der Waals surface area contributed by atoms with Crippen LogP contribution in [-0.4, -0.2) is 40.7 Å². The number of likely N-dealkylation sites (tertiary alicyclic amines) is 1. The first-order chi connectivity index (χ1) is 13.6. The number of nitrogens with two attached hydrogens (primary N) is 1. The summed E-state index contributed by atoms with van der Waals surface area (Å²) in [6.45, 7) is 4.43. The number of hydrogen-bond donors (Lipinski definition) is 2. The molecule has 1 fully saturated rings. The minimum atomic E-state index is -0.376. The number of nitrogens with one attached hydrogen (secondary N) is 1. The number of anilines is 2. The van der Waals surface area contributed by atoms with Gasteiger partial charge in [-0.15, -0.1) is 0 Å². The molecule has 2 aromatic rings. The molecule has 150 valence electrons. The Balaban J connectivity index is 1.43. The van der Waals surface area contributed by atoms with Crippen LogP contribution in [0.5, 0.6) is 5.75 Å². The second kappa shape index (κ2) is 9.94. The van der Waals surface area contributed by atoms with Gasteiger partial charge in [0.1, 0.15) is 24.0 Å². The van der Waals surface area contributed by atoms with Crippen LogP contribution < -0.4 is 21.5 Å². The van der Waals surface area contributed by atoms with Crippen LogP contribution in [0, 0.1) is 0 Å². The number of piperidine rings is 1. The maximum atomic E-state index is 11.6. The van der Waals surface area contributed by atoms with Crippen LogP contribution in [0.15, 0.2) is 47.3 Å². The SMILES string of the molecule is Cn1c(NC/C=C/COc2cccc(CN3CCCCC3)c2)cc(N)nc1=O. The second-order valence-corrected chi connectivity index (χ2v) is 7.06. The number of nitrogen functional groups attached to an aromatic ring is 1. The maximum absolute atomic E-state index is 11.6. The third kappa shape index (κ3) is 5.85. The Morgan fingerprint density at radius 3 is 2.86 bits per heavy atom. The molecule has 1 aromatic carbocycles. The fourth-order valence-electron chi connectivity index (χ4n) is 3.30. The van der Waals surface area contributed by atoms with Crippen LogP contribution in [0.25, 0.3) is 0 Å². The molecule has 7 nitrogen and oxygen atoms in total. The van der Waals surface area contributed by atoms with Gasteiger partial charge in [0.2, 0.25) is 0 Å². The minimum Gasteiger partial charge on any atom is -0.490 e. The monoisotopic (exact) mass is 383 g/mol. The average Bonchev–Trinajstić information content (AvgIpc) is 2.69. The minimum absolute atomic E-state index is 0.211. The van der Waals surface area contributed by atoms with E-state index in [0.29, 0.717) is 19.0 Å². The van der Waals surface area contributed by atoms with Gasteiger partial charge >= 0.3 is 5.69 Å². The van der Waals surface area contributed by atoms with E-state index in [1.807, 2.05) is 24.3 Å². The van der Waals surface area contributed by atoms with Gasteiger partial charge in [-0.2, -0.15) is 4.98 Å². The molecule has 0 spiro atoms.